The van der Waals surface area contributed by atoms with E-state index in [1.54, 1.807) is 6.07 Å². The summed E-state index contributed by atoms with van der Waals surface area (Å²) in [5.41, 5.74) is 2.80. The average molecular weight is 247 g/mol. The van der Waals surface area contributed by atoms with Gasteiger partial charge in [-0.25, -0.2) is 4.79 Å². The van der Waals surface area contributed by atoms with E-state index in [1.807, 2.05) is 12.1 Å². The topological polar surface area (TPSA) is 40.5 Å². The maximum absolute atomic E-state index is 11.0. The molecule has 0 amide bonds. The number of anilines is 1. The Morgan fingerprint density at radius 3 is 2.94 bits per heavy atom. The molecule has 3 nitrogen and oxygen atoms in total. The molecule has 98 valence electrons. The smallest absolute Gasteiger partial charge is 0.335 e. The summed E-state index contributed by atoms with van der Waals surface area (Å²) in [5, 5.41) is 9.05. The van der Waals surface area contributed by atoms with Gasteiger partial charge in [-0.05, 0) is 36.5 Å². The van der Waals surface area contributed by atoms with Gasteiger partial charge in [0.05, 0.1) is 5.56 Å². The molecule has 1 unspecified atom stereocenters. The van der Waals surface area contributed by atoms with Gasteiger partial charge in [0.15, 0.2) is 0 Å². The lowest BCUT2D eigenvalue weighted by molar-refractivity contribution is 0.0697. The first kappa shape index (κ1) is 12.9. The molecule has 3 heteroatoms. The molecule has 1 heterocycles. The number of rotatable bonds is 5. The number of hydrogen-bond acceptors (Lipinski definition) is 2. The fourth-order valence-corrected chi connectivity index (χ4v) is 2.73. The van der Waals surface area contributed by atoms with Crippen LogP contribution in [0.3, 0.4) is 0 Å². The molecule has 0 fully saturated rings. The molecule has 0 aromatic heterocycles. The minimum atomic E-state index is -0.841. The van der Waals surface area contributed by atoms with Crippen molar-refractivity contribution in [3.8, 4) is 0 Å². The fourth-order valence-electron chi connectivity index (χ4n) is 2.73. The van der Waals surface area contributed by atoms with Crippen molar-refractivity contribution in [2.45, 2.75) is 33.1 Å². The van der Waals surface area contributed by atoms with Crippen LogP contribution in [0.2, 0.25) is 0 Å². The number of aromatic carboxylic acids is 1. The van der Waals surface area contributed by atoms with Crippen LogP contribution < -0.4 is 4.90 Å². The second-order valence-corrected chi connectivity index (χ2v) is 5.24. The summed E-state index contributed by atoms with van der Waals surface area (Å²) in [6.45, 7) is 6.52. The fraction of sp³-hybridized carbons (Fsp3) is 0.533. The van der Waals surface area contributed by atoms with Gasteiger partial charge >= 0.3 is 5.97 Å². The van der Waals surface area contributed by atoms with Gasteiger partial charge in [0.1, 0.15) is 0 Å². The second-order valence-electron chi connectivity index (χ2n) is 5.24. The molecular formula is C15H21NO2. The van der Waals surface area contributed by atoms with Crippen LogP contribution in [0.4, 0.5) is 5.69 Å². The van der Waals surface area contributed by atoms with Crippen LogP contribution in [0.5, 0.6) is 0 Å². The quantitative estimate of drug-likeness (QED) is 0.868. The Balaban J connectivity index is 2.15. The monoisotopic (exact) mass is 247 g/mol. The van der Waals surface area contributed by atoms with E-state index >= 15 is 0 Å². The first-order chi connectivity index (χ1) is 8.61. The number of hydrogen-bond donors (Lipinski definition) is 1. The number of carboxylic acid groups (broad SMARTS) is 1. The average Bonchev–Trinajstić information content (AvgIpc) is 2.72. The van der Waals surface area contributed by atoms with E-state index in [-0.39, 0.29) is 0 Å². The van der Waals surface area contributed by atoms with Crippen molar-refractivity contribution in [3.05, 3.63) is 29.3 Å². The Hall–Kier alpha value is -1.51. The maximum atomic E-state index is 11.0. The summed E-state index contributed by atoms with van der Waals surface area (Å²) in [5.74, 6) is -0.180. The van der Waals surface area contributed by atoms with Crippen LogP contribution in [0.25, 0.3) is 0 Å². The lowest BCUT2D eigenvalue weighted by Gasteiger charge is -2.23. The van der Waals surface area contributed by atoms with E-state index in [0.29, 0.717) is 11.5 Å². The van der Waals surface area contributed by atoms with Gasteiger partial charge in [0, 0.05) is 18.8 Å². The third-order valence-electron chi connectivity index (χ3n) is 3.64. The van der Waals surface area contributed by atoms with Crippen molar-refractivity contribution in [3.63, 3.8) is 0 Å². The summed E-state index contributed by atoms with van der Waals surface area (Å²) in [4.78, 5) is 13.3. The predicted molar refractivity (Wildman–Crippen MR) is 73.4 cm³/mol. The Morgan fingerprint density at radius 1 is 1.50 bits per heavy atom. The van der Waals surface area contributed by atoms with Crippen LogP contribution in [-0.2, 0) is 6.42 Å². The van der Waals surface area contributed by atoms with Crippen molar-refractivity contribution in [2.24, 2.45) is 5.92 Å². The lowest BCUT2D eigenvalue weighted by Crippen LogP contribution is -2.26. The molecule has 1 atom stereocenters. The van der Waals surface area contributed by atoms with Crippen molar-refractivity contribution in [1.82, 2.24) is 0 Å². The molecule has 0 aliphatic carbocycles. The van der Waals surface area contributed by atoms with Crippen LogP contribution in [0.1, 0.15) is 42.6 Å². The Kier molecular flexibility index (Phi) is 3.90. The number of benzene rings is 1. The zero-order chi connectivity index (χ0) is 13.1. The third-order valence-corrected chi connectivity index (χ3v) is 3.64. The predicted octanol–water partition coefficient (Wildman–Crippen LogP) is 3.18. The molecule has 18 heavy (non-hydrogen) atoms. The number of carboxylic acids is 1. The van der Waals surface area contributed by atoms with Crippen LogP contribution in [0, 0.1) is 5.92 Å². The van der Waals surface area contributed by atoms with Gasteiger partial charge in [0.2, 0.25) is 0 Å². The lowest BCUT2D eigenvalue weighted by atomic mass is 10.1. The molecule has 0 saturated heterocycles. The van der Waals surface area contributed by atoms with Crippen LogP contribution in [0.15, 0.2) is 18.2 Å². The van der Waals surface area contributed by atoms with E-state index in [0.717, 1.165) is 25.2 Å². The maximum Gasteiger partial charge on any atom is 0.335 e. The Morgan fingerprint density at radius 2 is 2.28 bits per heavy atom. The SMILES string of the molecule is CCCC(C)CN1CCc2ccc(C(=O)O)cc21. The minimum absolute atomic E-state index is 0.392. The standard InChI is InChI=1S/C15H21NO2/c1-3-4-11(2)10-16-8-7-12-5-6-13(15(17)18)9-14(12)16/h5-6,9,11H,3-4,7-8,10H2,1-2H3,(H,17,18). The van der Waals surface area contributed by atoms with Crippen molar-refractivity contribution in [1.29, 1.82) is 0 Å². The molecule has 1 aliphatic heterocycles. The number of fused-ring (bicyclic) bond motifs is 1. The molecule has 0 bridgehead atoms. The van der Waals surface area contributed by atoms with E-state index in [9.17, 15) is 4.79 Å². The first-order valence-electron chi connectivity index (χ1n) is 6.73. The molecule has 0 radical (unpaired) electrons. The van der Waals surface area contributed by atoms with Gasteiger partial charge in [-0.2, -0.15) is 0 Å². The van der Waals surface area contributed by atoms with E-state index in [1.165, 1.54) is 18.4 Å². The zero-order valence-corrected chi connectivity index (χ0v) is 11.1. The normalized spacial score (nSPS) is 15.6. The summed E-state index contributed by atoms with van der Waals surface area (Å²) < 4.78 is 0. The van der Waals surface area contributed by atoms with E-state index in [2.05, 4.69) is 18.7 Å². The highest BCUT2D eigenvalue weighted by Crippen LogP contribution is 2.30. The molecule has 1 aromatic carbocycles. The van der Waals surface area contributed by atoms with Gasteiger partial charge in [-0.15, -0.1) is 0 Å². The van der Waals surface area contributed by atoms with Gasteiger partial charge < -0.3 is 10.0 Å². The highest BCUT2D eigenvalue weighted by Gasteiger charge is 2.21. The van der Waals surface area contributed by atoms with Crippen LogP contribution in [-0.4, -0.2) is 24.2 Å². The summed E-state index contributed by atoms with van der Waals surface area (Å²) in [6.07, 6.45) is 3.47. The zero-order valence-electron chi connectivity index (χ0n) is 11.1. The van der Waals surface area contributed by atoms with Gasteiger partial charge in [0.25, 0.3) is 0 Å². The highest BCUT2D eigenvalue weighted by atomic mass is 16.4. The Bertz CT molecular complexity index is 442. The molecule has 2 rings (SSSR count). The third kappa shape index (κ3) is 2.66. The second kappa shape index (κ2) is 5.42. The Labute approximate surface area is 108 Å². The van der Waals surface area contributed by atoms with Gasteiger partial charge in [-0.3, -0.25) is 0 Å². The van der Waals surface area contributed by atoms with Crippen molar-refractivity contribution in [2.75, 3.05) is 18.0 Å². The van der Waals surface area contributed by atoms with Crippen molar-refractivity contribution >= 4 is 11.7 Å². The van der Waals surface area contributed by atoms with E-state index in [4.69, 9.17) is 5.11 Å². The first-order valence-corrected chi connectivity index (χ1v) is 6.73. The van der Waals surface area contributed by atoms with Crippen molar-refractivity contribution < 1.29 is 9.90 Å². The molecule has 0 saturated carbocycles. The molecule has 1 aliphatic rings. The molecule has 0 spiro atoms. The highest BCUT2D eigenvalue weighted by molar-refractivity contribution is 5.89. The molecule has 1 N–H and O–H groups in total. The van der Waals surface area contributed by atoms with E-state index < -0.39 is 5.97 Å². The number of carbonyl (C=O) groups is 1. The van der Waals surface area contributed by atoms with Crippen LogP contribution >= 0.6 is 0 Å². The molecule has 1 aromatic rings. The summed E-state index contributed by atoms with van der Waals surface area (Å²) in [7, 11) is 0. The largest absolute Gasteiger partial charge is 0.478 e. The van der Waals surface area contributed by atoms with Gasteiger partial charge in [-0.1, -0.05) is 26.3 Å². The summed E-state index contributed by atoms with van der Waals surface area (Å²) >= 11 is 0. The minimum Gasteiger partial charge on any atom is -0.478 e. The molecular weight excluding hydrogens is 226 g/mol. The number of nitrogens with zero attached hydrogens (tertiary/aromatic N) is 1. The summed E-state index contributed by atoms with van der Waals surface area (Å²) in [6, 6.07) is 5.49.